The number of aromatic nitrogens is 4. The molecule has 2 amide bonds. The van der Waals surface area contributed by atoms with Gasteiger partial charge in [0.25, 0.3) is 0 Å². The topological polar surface area (TPSA) is 181 Å². The van der Waals surface area contributed by atoms with E-state index >= 15 is 13.2 Å². The smallest absolute Gasteiger partial charge is 0.418 e. The number of anilines is 4. The number of carbonyl (C=O) groups excluding carboxylic acids is 2. The van der Waals surface area contributed by atoms with Crippen LogP contribution in [0.25, 0.3) is 10.8 Å². The third kappa shape index (κ3) is 13.5. The van der Waals surface area contributed by atoms with E-state index in [-0.39, 0.29) is 86.1 Å². The molecule has 0 N–H and O–H groups in total. The number of halogens is 3. The summed E-state index contributed by atoms with van der Waals surface area (Å²) in [5, 5.41) is 22.2. The average Bonchev–Trinajstić information content (AvgIpc) is 1.20. The highest BCUT2D eigenvalue weighted by molar-refractivity contribution is 5.94. The fourth-order valence-electron chi connectivity index (χ4n) is 14.6. The number of likely N-dealkylation sites (tertiary alicyclic amines) is 3. The lowest BCUT2D eigenvalue weighted by Gasteiger charge is -2.42. The number of ether oxygens (including phenoxy) is 2. The van der Waals surface area contributed by atoms with Crippen LogP contribution in [0.1, 0.15) is 90.9 Å². The molecule has 0 spiro atoms. The number of benzene rings is 3. The van der Waals surface area contributed by atoms with Gasteiger partial charge in [-0.25, -0.2) is 0 Å². The quantitative estimate of drug-likeness (QED) is 0.0817. The van der Waals surface area contributed by atoms with Crippen LogP contribution in [0.3, 0.4) is 0 Å². The number of nitriles is 2. The normalized spacial score (nSPS) is 22.9. The Hall–Kier alpha value is -8.05. The highest BCUT2D eigenvalue weighted by Crippen LogP contribution is 2.43. The molecule has 7 aliphatic rings. The second kappa shape index (κ2) is 27.0. The lowest BCUT2D eigenvalue weighted by atomic mass is 9.93. The summed E-state index contributed by atoms with van der Waals surface area (Å²) in [6.07, 6.45) is 7.77. The molecule has 1 unspecified atom stereocenters. The number of nitrogens with zero attached hydrogens (tertiary/aromatic N) is 15. The summed E-state index contributed by atoms with van der Waals surface area (Å²) in [5.41, 5.74) is 4.54. The first-order chi connectivity index (χ1) is 43.2. The van der Waals surface area contributed by atoms with Crippen molar-refractivity contribution in [2.45, 2.75) is 114 Å². The van der Waals surface area contributed by atoms with Gasteiger partial charge in [-0.3, -0.25) is 19.4 Å². The van der Waals surface area contributed by atoms with Gasteiger partial charge in [0, 0.05) is 111 Å². The first kappa shape index (κ1) is 61.2. The lowest BCUT2D eigenvalue weighted by molar-refractivity contribution is -0.137. The molecule has 0 radical (unpaired) electrons. The monoisotopic (exact) mass is 1220 g/mol. The molecule has 22 heteroatoms. The number of amides is 2. The highest BCUT2D eigenvalue weighted by Gasteiger charge is 2.41. The molecule has 2 aromatic heterocycles. The molecule has 89 heavy (non-hydrogen) atoms. The number of piperazine rings is 2. The fraction of sp³-hybridized carbons (Fsp3) is 0.522. The van der Waals surface area contributed by atoms with Crippen molar-refractivity contribution in [2.24, 2.45) is 0 Å². The predicted octanol–water partition coefficient (Wildman–Crippen LogP) is 7.99. The maximum atomic E-state index is 15.3. The molecule has 5 aromatic rings. The zero-order chi connectivity index (χ0) is 61.8. The Morgan fingerprint density at radius 1 is 0.652 bits per heavy atom. The molecule has 9 heterocycles. The Morgan fingerprint density at radius 2 is 1.27 bits per heavy atom. The molecule has 0 saturated carbocycles. The molecular weight excluding hydrogens is 1140 g/mol. The van der Waals surface area contributed by atoms with Gasteiger partial charge in [-0.2, -0.15) is 43.6 Å². The molecular formula is C67H80F3N15O4. The number of alkyl halides is 3. The van der Waals surface area contributed by atoms with Gasteiger partial charge in [-0.1, -0.05) is 61.5 Å². The number of carbonyl (C=O) groups is 2. The van der Waals surface area contributed by atoms with E-state index in [0.717, 1.165) is 90.2 Å². The third-order valence-corrected chi connectivity index (χ3v) is 19.5. The molecule has 19 nitrogen and oxygen atoms in total. The van der Waals surface area contributed by atoms with Crippen molar-refractivity contribution in [2.75, 3.05) is 132 Å². The molecule has 5 atom stereocenters. The third-order valence-electron chi connectivity index (χ3n) is 19.5. The minimum atomic E-state index is -4.64. The number of likely N-dealkylation sites (N-methyl/N-ethyl adjacent to an activating group) is 2. The van der Waals surface area contributed by atoms with Gasteiger partial charge in [0.2, 0.25) is 11.8 Å². The van der Waals surface area contributed by atoms with Gasteiger partial charge < -0.3 is 43.8 Å². The van der Waals surface area contributed by atoms with Gasteiger partial charge in [0.05, 0.1) is 67.1 Å². The van der Waals surface area contributed by atoms with Crippen molar-refractivity contribution >= 4 is 45.6 Å². The van der Waals surface area contributed by atoms with E-state index in [0.29, 0.717) is 89.7 Å². The predicted molar refractivity (Wildman–Crippen MR) is 335 cm³/mol. The lowest BCUT2D eigenvalue weighted by Crippen LogP contribution is -2.55. The van der Waals surface area contributed by atoms with E-state index in [4.69, 9.17) is 29.4 Å². The number of piperidine rings is 1. The molecule has 5 fully saturated rings. The fourth-order valence-corrected chi connectivity index (χ4v) is 14.6. The van der Waals surface area contributed by atoms with E-state index in [1.165, 1.54) is 31.4 Å². The van der Waals surface area contributed by atoms with Crippen LogP contribution in [-0.2, 0) is 41.7 Å². The van der Waals surface area contributed by atoms with E-state index in [2.05, 4.69) is 91.6 Å². The summed E-state index contributed by atoms with van der Waals surface area (Å²) >= 11 is 0. The zero-order valence-corrected chi connectivity index (χ0v) is 51.2. The van der Waals surface area contributed by atoms with Crippen LogP contribution < -0.4 is 29.1 Å². The summed E-state index contributed by atoms with van der Waals surface area (Å²) in [5.74, 6) is 0.915. The van der Waals surface area contributed by atoms with Crippen molar-refractivity contribution in [3.05, 3.63) is 119 Å². The minimum Gasteiger partial charge on any atom is -0.462 e. The summed E-state index contributed by atoms with van der Waals surface area (Å²) in [6, 6.07) is 23.5. The van der Waals surface area contributed by atoms with Gasteiger partial charge in [0.15, 0.2) is 0 Å². The summed E-state index contributed by atoms with van der Waals surface area (Å²) < 4.78 is 58.8. The first-order valence-electron chi connectivity index (χ1n) is 31.7. The molecule has 5 saturated heterocycles. The highest BCUT2D eigenvalue weighted by atomic mass is 19.4. The molecule has 3 aromatic carbocycles. The Labute approximate surface area is 519 Å². The van der Waals surface area contributed by atoms with Crippen LogP contribution in [0, 0.1) is 22.7 Å². The standard InChI is InChI=1S/C67H80F3N15O4/c1-4-61(86)84-35-33-82(40-49(84)21-25-71)64-55-24-32-81(43-58(55)74-65(75-64)88-44-51-15-11-27-77(51)2)60-38-47(19-20-56(60)67(68,69)70)48-37-52(78(3)39-48)45-89-66-73-57-42-80(59-17-10-14-46-13-6-7-16-53(46)59)31-23-54(57)63(76-66)83-34-36-85(50(41-83)22-26-72)62(87)18-12-30-79-28-8-5-9-29-79/h4,6-7,10,12-14,16-20,38,48-52H,1,5,8-9,11,15,21-24,27-37,39-45H2,2-3H3/b18-12+/t48?,49-,50-,51-,52-/m0/s1. The van der Waals surface area contributed by atoms with Crippen molar-refractivity contribution in [3.63, 3.8) is 0 Å². The van der Waals surface area contributed by atoms with Crippen LogP contribution >= 0.6 is 0 Å². The summed E-state index contributed by atoms with van der Waals surface area (Å²) in [7, 11) is 4.07. The maximum Gasteiger partial charge on any atom is 0.418 e. The molecule has 0 bridgehead atoms. The Bertz CT molecular complexity index is 3520. The van der Waals surface area contributed by atoms with Crippen molar-refractivity contribution in [1.82, 2.24) is 44.4 Å². The number of hydrogen-bond donors (Lipinski definition) is 0. The van der Waals surface area contributed by atoms with Crippen LogP contribution in [0.15, 0.2) is 85.5 Å². The van der Waals surface area contributed by atoms with Crippen molar-refractivity contribution in [3.8, 4) is 24.2 Å². The van der Waals surface area contributed by atoms with Crippen LogP contribution in [0.5, 0.6) is 12.0 Å². The Balaban J connectivity index is 0.786. The summed E-state index contributed by atoms with van der Waals surface area (Å²) in [6.45, 7) is 12.7. The van der Waals surface area contributed by atoms with E-state index in [1.54, 1.807) is 28.0 Å². The largest absolute Gasteiger partial charge is 0.462 e. The van der Waals surface area contributed by atoms with E-state index < -0.39 is 17.8 Å². The van der Waals surface area contributed by atoms with Crippen LogP contribution in [0.4, 0.5) is 36.2 Å². The average molecular weight is 1220 g/mol. The number of rotatable bonds is 17. The van der Waals surface area contributed by atoms with Gasteiger partial charge in [0.1, 0.15) is 24.8 Å². The molecule has 0 aliphatic carbocycles. The van der Waals surface area contributed by atoms with Gasteiger partial charge >= 0.3 is 18.2 Å². The summed E-state index contributed by atoms with van der Waals surface area (Å²) in [4.78, 5) is 65.6. The van der Waals surface area contributed by atoms with Crippen LogP contribution in [0.2, 0.25) is 0 Å². The molecule has 468 valence electrons. The van der Waals surface area contributed by atoms with Crippen molar-refractivity contribution < 1.29 is 32.2 Å². The van der Waals surface area contributed by atoms with E-state index in [9.17, 15) is 20.1 Å². The Kier molecular flexibility index (Phi) is 18.5. The van der Waals surface area contributed by atoms with Gasteiger partial charge in [-0.15, -0.1) is 0 Å². The zero-order valence-electron chi connectivity index (χ0n) is 51.2. The Morgan fingerprint density at radius 3 is 1.89 bits per heavy atom. The minimum absolute atomic E-state index is 0.0835. The molecule has 7 aliphatic heterocycles. The number of hydrogen-bond acceptors (Lipinski definition) is 17. The molecule has 12 rings (SSSR count). The van der Waals surface area contributed by atoms with Crippen LogP contribution in [-0.4, -0.2) is 193 Å². The SMILES string of the molecule is C=CC(=O)N1CCN(c2nc(OC[C@@H]3CCCN3C)nc3c2CCN(c2cc(C4C[C@@H](COc5nc6c(c(N7CCN(C(=O)/C=C/CN8CCCCC8)[C@@H](CC#N)C7)n5)CCN(c5cccc7ccccc57)C6)N(C)C4)ccc2C(F)(F)F)C3)C[C@@H]1CC#N. The van der Waals surface area contributed by atoms with Crippen molar-refractivity contribution in [1.29, 1.82) is 10.5 Å². The second-order valence-electron chi connectivity index (χ2n) is 25.0. The maximum absolute atomic E-state index is 15.3. The first-order valence-corrected chi connectivity index (χ1v) is 31.7. The van der Waals surface area contributed by atoms with Gasteiger partial charge in [-0.05, 0) is 120 Å². The van der Waals surface area contributed by atoms with E-state index in [1.807, 2.05) is 24.1 Å². The number of fused-ring (bicyclic) bond motifs is 3. The second-order valence-corrected chi connectivity index (χ2v) is 25.0.